The zero-order chi connectivity index (χ0) is 12.3. The van der Waals surface area contributed by atoms with Gasteiger partial charge in [-0.25, -0.2) is 0 Å². The number of rotatable bonds is 0. The van der Waals surface area contributed by atoms with Crippen molar-refractivity contribution in [2.24, 2.45) is 0 Å². The molecule has 1 aromatic rings. The van der Waals surface area contributed by atoms with E-state index >= 15 is 0 Å². The Balaban J connectivity index is 1.96. The Hall–Kier alpha value is -1.63. The van der Waals surface area contributed by atoms with Crippen molar-refractivity contribution < 1.29 is 4.79 Å². The Morgan fingerprint density at radius 1 is 1.00 bits per heavy atom. The average Bonchev–Trinajstić information content (AvgIpc) is 2.34. The minimum Gasteiger partial charge on any atom is -0.299 e. The van der Waals surface area contributed by atoms with Gasteiger partial charge in [-0.1, -0.05) is 41.0 Å². The van der Waals surface area contributed by atoms with Gasteiger partial charge in [0.1, 0.15) is 5.78 Å². The van der Waals surface area contributed by atoms with E-state index in [9.17, 15) is 4.79 Å². The normalized spacial score (nSPS) is 21.3. The van der Waals surface area contributed by atoms with Gasteiger partial charge in [0.05, 0.1) is 0 Å². The zero-order valence-corrected chi connectivity index (χ0v) is 10.6. The van der Waals surface area contributed by atoms with Crippen LogP contribution in [0.5, 0.6) is 0 Å². The van der Waals surface area contributed by atoms with E-state index in [-0.39, 0.29) is 0 Å². The van der Waals surface area contributed by atoms with E-state index in [4.69, 9.17) is 0 Å². The van der Waals surface area contributed by atoms with E-state index in [1.165, 1.54) is 33.4 Å². The van der Waals surface area contributed by atoms with Crippen molar-refractivity contribution in [2.45, 2.75) is 38.5 Å². The van der Waals surface area contributed by atoms with Crippen molar-refractivity contribution in [2.75, 3.05) is 0 Å². The molecule has 0 saturated heterocycles. The molecule has 0 heterocycles. The minimum absolute atomic E-state index is 0.391. The molecule has 0 amide bonds. The third-order valence-corrected chi connectivity index (χ3v) is 4.50. The van der Waals surface area contributed by atoms with Crippen LogP contribution < -0.4 is 0 Å². The molecule has 0 atom stereocenters. The van der Waals surface area contributed by atoms with E-state index in [0.717, 1.165) is 12.8 Å². The molecule has 1 heteroatoms. The van der Waals surface area contributed by atoms with E-state index in [2.05, 4.69) is 31.2 Å². The molecule has 3 aliphatic rings. The topological polar surface area (TPSA) is 17.1 Å². The lowest BCUT2D eigenvalue weighted by Crippen LogP contribution is -2.26. The number of Topliss-reactive ketones (excluding diaryl/α,β-unsaturated/α-hetero) is 1. The highest BCUT2D eigenvalue weighted by molar-refractivity contribution is 5.87. The summed E-state index contributed by atoms with van der Waals surface area (Å²) in [7, 11) is 0. The first-order valence-corrected chi connectivity index (χ1v) is 6.74. The molecule has 4 rings (SSSR count). The summed E-state index contributed by atoms with van der Waals surface area (Å²) in [5, 5.41) is 0. The molecule has 1 nitrogen and oxygen atoms in total. The van der Waals surface area contributed by atoms with E-state index < -0.39 is 0 Å². The highest BCUT2D eigenvalue weighted by atomic mass is 16.1. The van der Waals surface area contributed by atoms with E-state index in [1.807, 2.05) is 0 Å². The highest BCUT2D eigenvalue weighted by Gasteiger charge is 2.35. The SMILES string of the molecule is Cc1cc2c3c(c1)CC=C1CC(=O)CC(=CC2)C13. The van der Waals surface area contributed by atoms with Gasteiger partial charge in [0.15, 0.2) is 0 Å². The largest absolute Gasteiger partial charge is 0.299 e. The van der Waals surface area contributed by atoms with Gasteiger partial charge in [-0.05, 0) is 36.5 Å². The number of carbonyl (C=O) groups excluding carboxylic acids is 1. The van der Waals surface area contributed by atoms with E-state index in [0.29, 0.717) is 24.5 Å². The molecular formula is C17H16O. The number of allylic oxidation sites excluding steroid dienone is 4. The lowest BCUT2D eigenvalue weighted by molar-refractivity contribution is -0.118. The lowest BCUT2D eigenvalue weighted by Gasteiger charge is -2.37. The number of aryl methyl sites for hydroxylation is 1. The van der Waals surface area contributed by atoms with E-state index in [1.54, 1.807) is 0 Å². The predicted molar refractivity (Wildman–Crippen MR) is 71.7 cm³/mol. The van der Waals surface area contributed by atoms with Crippen LogP contribution in [-0.4, -0.2) is 5.78 Å². The van der Waals surface area contributed by atoms with Crippen LogP contribution in [0.4, 0.5) is 0 Å². The smallest absolute Gasteiger partial charge is 0.141 e. The quantitative estimate of drug-likeness (QED) is 0.631. The van der Waals surface area contributed by atoms with Crippen LogP contribution in [0.25, 0.3) is 0 Å². The molecule has 0 aromatic heterocycles. The van der Waals surface area contributed by atoms with Gasteiger partial charge >= 0.3 is 0 Å². The van der Waals surface area contributed by atoms with Crippen LogP contribution in [0.1, 0.15) is 41.0 Å². The van der Waals surface area contributed by atoms with Crippen molar-refractivity contribution in [3.8, 4) is 0 Å². The van der Waals surface area contributed by atoms with Crippen LogP contribution in [0.3, 0.4) is 0 Å². The molecule has 0 spiro atoms. The van der Waals surface area contributed by atoms with Gasteiger partial charge in [-0.15, -0.1) is 0 Å². The fraction of sp³-hybridized carbons (Fsp3) is 0.353. The number of carbonyl (C=O) groups is 1. The van der Waals surface area contributed by atoms with Crippen molar-refractivity contribution >= 4 is 5.78 Å². The highest BCUT2D eigenvalue weighted by Crippen LogP contribution is 2.48. The van der Waals surface area contributed by atoms with Crippen molar-refractivity contribution in [1.29, 1.82) is 0 Å². The standard InChI is InChI=1S/C17H16O/c1-10-6-11-2-4-13-8-15(18)9-14-5-3-12(7-10)16(11)17(13)14/h4-7,17H,2-3,8-9H2,1H3. The number of hydrogen-bond acceptors (Lipinski definition) is 1. The fourth-order valence-electron chi connectivity index (χ4n) is 3.85. The molecule has 1 aromatic carbocycles. The molecule has 1 fully saturated rings. The van der Waals surface area contributed by atoms with Gasteiger partial charge < -0.3 is 0 Å². The molecule has 1 saturated carbocycles. The van der Waals surface area contributed by atoms with Crippen molar-refractivity contribution in [3.63, 3.8) is 0 Å². The van der Waals surface area contributed by atoms with Gasteiger partial charge in [0.25, 0.3) is 0 Å². The van der Waals surface area contributed by atoms with Crippen LogP contribution >= 0.6 is 0 Å². The Kier molecular flexibility index (Phi) is 1.97. The second kappa shape index (κ2) is 3.44. The maximum absolute atomic E-state index is 11.8. The summed E-state index contributed by atoms with van der Waals surface area (Å²) in [5.74, 6) is 0.832. The Labute approximate surface area is 107 Å². The third kappa shape index (κ3) is 1.30. The van der Waals surface area contributed by atoms with Crippen molar-refractivity contribution in [1.82, 2.24) is 0 Å². The second-order valence-electron chi connectivity index (χ2n) is 5.79. The average molecular weight is 236 g/mol. The first-order chi connectivity index (χ1) is 8.72. The number of ketones is 1. The Morgan fingerprint density at radius 2 is 1.56 bits per heavy atom. The molecular weight excluding hydrogens is 220 g/mol. The predicted octanol–water partition coefficient (Wildman–Crippen LogP) is 3.41. The molecule has 0 aliphatic heterocycles. The second-order valence-corrected chi connectivity index (χ2v) is 5.79. The molecule has 3 aliphatic carbocycles. The fourth-order valence-corrected chi connectivity index (χ4v) is 3.85. The maximum Gasteiger partial charge on any atom is 0.141 e. The summed E-state index contributed by atoms with van der Waals surface area (Å²) < 4.78 is 0. The van der Waals surface area contributed by atoms with Gasteiger partial charge in [-0.2, -0.15) is 0 Å². The number of benzene rings is 1. The van der Waals surface area contributed by atoms with Crippen LogP contribution in [0.2, 0.25) is 0 Å². The molecule has 0 bridgehead atoms. The minimum atomic E-state index is 0.391. The Bertz CT molecular complexity index is 582. The van der Waals surface area contributed by atoms with Crippen LogP contribution in [0.15, 0.2) is 35.4 Å². The molecule has 18 heavy (non-hydrogen) atoms. The van der Waals surface area contributed by atoms with Crippen molar-refractivity contribution in [3.05, 3.63) is 57.7 Å². The van der Waals surface area contributed by atoms with Gasteiger partial charge in [0.2, 0.25) is 0 Å². The molecule has 0 radical (unpaired) electrons. The summed E-state index contributed by atoms with van der Waals surface area (Å²) in [5.41, 5.74) is 8.58. The summed E-state index contributed by atoms with van der Waals surface area (Å²) in [6, 6.07) is 4.65. The van der Waals surface area contributed by atoms with Crippen LogP contribution in [-0.2, 0) is 17.6 Å². The lowest BCUT2D eigenvalue weighted by atomic mass is 9.66. The third-order valence-electron chi connectivity index (χ3n) is 4.50. The summed E-state index contributed by atoms with van der Waals surface area (Å²) in [4.78, 5) is 11.8. The van der Waals surface area contributed by atoms with Gasteiger partial charge in [0, 0.05) is 18.8 Å². The molecule has 0 N–H and O–H groups in total. The van der Waals surface area contributed by atoms with Gasteiger partial charge in [-0.3, -0.25) is 4.79 Å². The molecule has 0 unspecified atom stereocenters. The first-order valence-electron chi connectivity index (χ1n) is 6.74. The zero-order valence-electron chi connectivity index (χ0n) is 10.6. The number of hydrogen-bond donors (Lipinski definition) is 0. The summed E-state index contributed by atoms with van der Waals surface area (Å²) in [6.07, 6.45) is 7.97. The summed E-state index contributed by atoms with van der Waals surface area (Å²) in [6.45, 7) is 2.18. The Morgan fingerprint density at radius 3 is 2.11 bits per heavy atom. The molecule has 90 valence electrons. The monoisotopic (exact) mass is 236 g/mol. The summed E-state index contributed by atoms with van der Waals surface area (Å²) >= 11 is 0. The maximum atomic E-state index is 11.8. The first kappa shape index (κ1) is 10.3. The van der Waals surface area contributed by atoms with Crippen LogP contribution in [0, 0.1) is 6.92 Å².